The van der Waals surface area contributed by atoms with E-state index in [0.717, 1.165) is 77.0 Å². The summed E-state index contributed by atoms with van der Waals surface area (Å²) in [5.41, 5.74) is -3.16. The Morgan fingerprint density at radius 1 is 1.02 bits per heavy atom. The van der Waals surface area contributed by atoms with E-state index in [9.17, 15) is 26.4 Å². The van der Waals surface area contributed by atoms with Crippen LogP contribution in [-0.4, -0.2) is 61.3 Å². The molecule has 51 heavy (non-hydrogen) atoms. The number of rotatable bonds is 10. The number of benzene rings is 1. The number of aromatic nitrogens is 2. The third-order valence-corrected chi connectivity index (χ3v) is 13.9. The average Bonchev–Trinajstić information content (AvgIpc) is 3.84. The van der Waals surface area contributed by atoms with Crippen molar-refractivity contribution in [2.24, 2.45) is 5.41 Å². The molecule has 1 saturated carbocycles. The first-order valence-corrected chi connectivity index (χ1v) is 23.6. The molecule has 15 heteroatoms. The lowest BCUT2D eigenvalue weighted by atomic mass is 9.83. The van der Waals surface area contributed by atoms with Crippen molar-refractivity contribution in [1.82, 2.24) is 14.5 Å². The highest BCUT2D eigenvalue weighted by Gasteiger charge is 2.50. The van der Waals surface area contributed by atoms with Crippen LogP contribution in [0.2, 0.25) is 25.7 Å². The molecule has 6 rings (SSSR count). The molecule has 3 aliphatic rings. The van der Waals surface area contributed by atoms with Crippen LogP contribution in [0.5, 0.6) is 5.75 Å². The Hall–Kier alpha value is -2.88. The van der Waals surface area contributed by atoms with Crippen LogP contribution < -0.4 is 4.18 Å². The van der Waals surface area contributed by atoms with Gasteiger partial charge >= 0.3 is 21.7 Å². The lowest BCUT2D eigenvalue weighted by molar-refractivity contribution is -0.0500. The second-order valence-electron chi connectivity index (χ2n) is 16.4. The maximum atomic E-state index is 13.3. The van der Waals surface area contributed by atoms with E-state index in [2.05, 4.69) is 19.6 Å². The zero-order valence-corrected chi connectivity index (χ0v) is 32.8. The Balaban J connectivity index is 1.35. The molecular formula is C36H48F3N3O6S2Si. The van der Waals surface area contributed by atoms with Crippen molar-refractivity contribution in [3.05, 3.63) is 47.4 Å². The van der Waals surface area contributed by atoms with Crippen molar-refractivity contribution in [1.29, 1.82) is 0 Å². The van der Waals surface area contributed by atoms with Gasteiger partial charge in [-0.15, -0.1) is 11.3 Å². The number of hydrogen-bond donors (Lipinski definition) is 0. The van der Waals surface area contributed by atoms with Crippen molar-refractivity contribution >= 4 is 35.6 Å². The minimum atomic E-state index is -5.81. The van der Waals surface area contributed by atoms with E-state index < -0.39 is 29.3 Å². The molecule has 0 N–H and O–H groups in total. The topological polar surface area (TPSA) is 100.0 Å². The van der Waals surface area contributed by atoms with E-state index in [1.165, 1.54) is 17.4 Å². The maximum absolute atomic E-state index is 13.3. The van der Waals surface area contributed by atoms with Crippen LogP contribution >= 0.6 is 11.3 Å². The highest BCUT2D eigenvalue weighted by molar-refractivity contribution is 7.88. The number of likely N-dealkylation sites (tertiary alicyclic amines) is 1. The normalized spacial score (nSPS) is 19.2. The number of nitrogens with zero attached hydrogens (tertiary/aromatic N) is 3. The van der Waals surface area contributed by atoms with Gasteiger partial charge in [0, 0.05) is 31.7 Å². The molecular weight excluding hydrogens is 720 g/mol. The summed E-state index contributed by atoms with van der Waals surface area (Å²) in [7, 11) is -7.15. The second-order valence-corrected chi connectivity index (χ2v) is 24.6. The standard InChI is InChI=1S/C36H48F3N3O6S2Si/c1-34(2,3)47-33(43)41-17-9-10-27(41)32-40-22-28(42(32)23-46-18-19-51(4,5)6)31-14-13-30(49-31)24-11-12-29(48-50(44,45)36(37,38)39)26-21-35(20-25(24)26)15-7-8-16-35/h11-14,22,27H,7-10,15-21,23H2,1-6H3/t27-/m0/s1. The van der Waals surface area contributed by atoms with Gasteiger partial charge in [-0.05, 0) is 106 Å². The molecule has 0 unspecified atom stereocenters. The average molecular weight is 768 g/mol. The van der Waals surface area contributed by atoms with E-state index in [1.807, 2.05) is 43.7 Å². The van der Waals surface area contributed by atoms with Gasteiger partial charge in [0.2, 0.25) is 0 Å². The summed E-state index contributed by atoms with van der Waals surface area (Å²) in [6.07, 6.45) is 8.08. The Kier molecular flexibility index (Phi) is 10.3. The van der Waals surface area contributed by atoms with E-state index in [4.69, 9.17) is 18.6 Å². The first-order chi connectivity index (χ1) is 23.8. The van der Waals surface area contributed by atoms with Crippen LogP contribution in [0, 0.1) is 5.41 Å². The third kappa shape index (κ3) is 8.20. The fourth-order valence-corrected chi connectivity index (χ4v) is 9.87. The zero-order valence-electron chi connectivity index (χ0n) is 30.2. The van der Waals surface area contributed by atoms with E-state index >= 15 is 0 Å². The lowest BCUT2D eigenvalue weighted by Gasteiger charge is -2.29. The molecule has 2 fully saturated rings. The predicted octanol–water partition coefficient (Wildman–Crippen LogP) is 9.55. The Labute approximate surface area is 303 Å². The molecule has 3 aromatic rings. The van der Waals surface area contributed by atoms with Crippen molar-refractivity contribution in [3.8, 4) is 26.8 Å². The lowest BCUT2D eigenvalue weighted by Crippen LogP contribution is -2.37. The molecule has 9 nitrogen and oxygen atoms in total. The Morgan fingerprint density at radius 3 is 2.37 bits per heavy atom. The molecule has 1 atom stereocenters. The molecule has 2 aromatic heterocycles. The van der Waals surface area contributed by atoms with E-state index in [0.29, 0.717) is 31.6 Å². The minimum Gasteiger partial charge on any atom is -0.444 e. The number of thiophene rings is 1. The van der Waals surface area contributed by atoms with Crippen LogP contribution in [0.4, 0.5) is 18.0 Å². The number of imidazole rings is 1. The summed E-state index contributed by atoms with van der Waals surface area (Å²) in [5, 5.41) is 0. The molecule has 1 aliphatic heterocycles. The third-order valence-electron chi connectivity index (χ3n) is 10.0. The van der Waals surface area contributed by atoms with Gasteiger partial charge < -0.3 is 18.2 Å². The smallest absolute Gasteiger partial charge is 0.444 e. The zero-order chi connectivity index (χ0) is 37.0. The SMILES string of the molecule is CC(C)(C)OC(=O)N1CCC[C@H]1c1ncc(-c2ccc(-c3ccc(OS(=O)(=O)C(F)(F)F)c4c3CC3(CCCC3)C4)s2)n1COCC[Si](C)(C)C. The molecule has 1 amide bonds. The molecule has 0 bridgehead atoms. The number of hydrogen-bond acceptors (Lipinski definition) is 8. The number of amides is 1. The van der Waals surface area contributed by atoms with Crippen molar-refractivity contribution in [2.75, 3.05) is 13.2 Å². The van der Waals surface area contributed by atoms with Crippen LogP contribution in [0.1, 0.15) is 82.3 Å². The summed E-state index contributed by atoms with van der Waals surface area (Å²) >= 11 is 1.53. The van der Waals surface area contributed by atoms with Gasteiger partial charge in [-0.2, -0.15) is 21.6 Å². The van der Waals surface area contributed by atoms with Gasteiger partial charge in [0.25, 0.3) is 0 Å². The fourth-order valence-electron chi connectivity index (χ4n) is 7.55. The monoisotopic (exact) mass is 767 g/mol. The van der Waals surface area contributed by atoms with Crippen LogP contribution in [-0.2, 0) is 39.2 Å². The number of halogens is 3. The summed E-state index contributed by atoms with van der Waals surface area (Å²) in [6.45, 7) is 13.9. The first-order valence-electron chi connectivity index (χ1n) is 17.6. The van der Waals surface area contributed by atoms with Crippen molar-refractivity contribution in [2.45, 2.75) is 122 Å². The summed E-state index contributed by atoms with van der Waals surface area (Å²) < 4.78 is 82.9. The van der Waals surface area contributed by atoms with Gasteiger partial charge in [0.1, 0.15) is 23.9 Å². The quantitative estimate of drug-likeness (QED) is 0.0877. The summed E-state index contributed by atoms with van der Waals surface area (Å²) in [6, 6.07) is 7.77. The van der Waals surface area contributed by atoms with Crippen molar-refractivity contribution < 1.29 is 40.0 Å². The Bertz CT molecular complexity index is 1870. The van der Waals surface area contributed by atoms with Gasteiger partial charge in [0.15, 0.2) is 0 Å². The summed E-state index contributed by atoms with van der Waals surface area (Å²) in [5.74, 6) is 0.490. The van der Waals surface area contributed by atoms with Crippen LogP contribution in [0.15, 0.2) is 30.5 Å². The number of alkyl halides is 3. The maximum Gasteiger partial charge on any atom is 0.534 e. The van der Waals surface area contributed by atoms with Crippen molar-refractivity contribution in [3.63, 3.8) is 0 Å². The largest absolute Gasteiger partial charge is 0.534 e. The van der Waals surface area contributed by atoms with E-state index in [1.54, 1.807) is 11.0 Å². The molecule has 1 spiro atoms. The molecule has 0 radical (unpaired) electrons. The minimum absolute atomic E-state index is 0.110. The predicted molar refractivity (Wildman–Crippen MR) is 194 cm³/mol. The number of ether oxygens (including phenoxy) is 2. The van der Waals surface area contributed by atoms with Crippen LogP contribution in [0.3, 0.4) is 0 Å². The molecule has 280 valence electrons. The highest BCUT2D eigenvalue weighted by Crippen LogP contribution is 2.54. The summed E-state index contributed by atoms with van der Waals surface area (Å²) in [4.78, 5) is 21.7. The fraction of sp³-hybridized carbons (Fsp3) is 0.611. The molecule has 1 saturated heterocycles. The van der Waals surface area contributed by atoms with Gasteiger partial charge in [-0.25, -0.2) is 9.78 Å². The molecule has 1 aromatic carbocycles. The van der Waals surface area contributed by atoms with Crippen LogP contribution in [0.25, 0.3) is 21.0 Å². The Morgan fingerprint density at radius 2 is 1.71 bits per heavy atom. The highest BCUT2D eigenvalue weighted by atomic mass is 32.2. The van der Waals surface area contributed by atoms with Gasteiger partial charge in [-0.3, -0.25) is 4.90 Å². The van der Waals surface area contributed by atoms with Gasteiger partial charge in [-0.1, -0.05) is 32.5 Å². The molecule has 2 aliphatic carbocycles. The van der Waals surface area contributed by atoms with Gasteiger partial charge in [0.05, 0.1) is 22.8 Å². The number of fused-ring (bicyclic) bond motifs is 1. The number of carbonyl (C=O) groups is 1. The van der Waals surface area contributed by atoms with E-state index in [-0.39, 0.29) is 30.0 Å². The molecule has 3 heterocycles. The second kappa shape index (κ2) is 13.8. The first kappa shape index (κ1) is 37.9. The number of carbonyl (C=O) groups excluding carboxylic acids is 1.